The first-order valence-corrected chi connectivity index (χ1v) is 7.18. The molecule has 4 atom stereocenters. The van der Waals surface area contributed by atoms with Crippen LogP contribution in [0.1, 0.15) is 10.4 Å². The van der Waals surface area contributed by atoms with Crippen molar-refractivity contribution in [3.63, 3.8) is 0 Å². The number of aliphatic hydroxyl groups excluding tert-OH is 4. The molecule has 0 spiro atoms. The average molecular weight is 344 g/mol. The Hall–Kier alpha value is -1.75. The first-order valence-electron chi connectivity index (χ1n) is 7.18. The molecular formula is C15H20O9. The van der Waals surface area contributed by atoms with E-state index in [1.54, 1.807) is 0 Å². The van der Waals surface area contributed by atoms with Crippen molar-refractivity contribution in [1.82, 2.24) is 0 Å². The summed E-state index contributed by atoms with van der Waals surface area (Å²) < 4.78 is 15.3. The van der Waals surface area contributed by atoms with Gasteiger partial charge in [0.05, 0.1) is 13.7 Å². The highest BCUT2D eigenvalue weighted by atomic mass is 16.7. The molecule has 0 amide bonds. The average Bonchev–Trinajstić information content (AvgIpc) is 2.84. The fraction of sp³-hybridized carbons (Fsp3) is 0.533. The molecule has 1 fully saturated rings. The second-order valence-corrected chi connectivity index (χ2v) is 5.34. The number of aromatic hydroxyl groups is 1. The normalized spacial score (nSPS) is 29.6. The summed E-state index contributed by atoms with van der Waals surface area (Å²) in [6.07, 6.45) is -4.26. The summed E-state index contributed by atoms with van der Waals surface area (Å²) in [5.74, 6) is -2.61. The Balaban J connectivity index is 2.08. The second-order valence-electron chi connectivity index (χ2n) is 5.34. The number of carbonyl (C=O) groups is 1. The molecule has 0 unspecified atom stereocenters. The Bertz CT molecular complexity index is 590. The minimum atomic E-state index is -2.02. The van der Waals surface area contributed by atoms with Crippen molar-refractivity contribution in [3.05, 3.63) is 23.8 Å². The van der Waals surface area contributed by atoms with Crippen LogP contribution in [0.3, 0.4) is 0 Å². The quantitative estimate of drug-likeness (QED) is 0.369. The SMILES string of the molecule is COc1ccc(C(=O)CO[C@@]2(CO)O[C@H](CO)[C@@H](O)[C@@H]2O)cc1O. The van der Waals surface area contributed by atoms with Gasteiger partial charge in [-0.3, -0.25) is 4.79 Å². The van der Waals surface area contributed by atoms with E-state index in [1.165, 1.54) is 25.3 Å². The van der Waals surface area contributed by atoms with Gasteiger partial charge in [-0.2, -0.15) is 0 Å². The summed E-state index contributed by atoms with van der Waals surface area (Å²) in [5.41, 5.74) is 0.119. The Morgan fingerprint density at radius 1 is 1.33 bits per heavy atom. The molecule has 24 heavy (non-hydrogen) atoms. The zero-order valence-corrected chi connectivity index (χ0v) is 13.0. The van der Waals surface area contributed by atoms with E-state index >= 15 is 0 Å². The third kappa shape index (κ3) is 3.36. The van der Waals surface area contributed by atoms with E-state index in [4.69, 9.17) is 19.3 Å². The number of carbonyl (C=O) groups excluding carboxylic acids is 1. The van der Waals surface area contributed by atoms with Crippen LogP contribution < -0.4 is 4.74 Å². The summed E-state index contributed by atoms with van der Waals surface area (Å²) in [6, 6.07) is 4.00. The highest BCUT2D eigenvalue weighted by molar-refractivity contribution is 5.97. The standard InChI is InChI=1S/C15H20O9/c1-22-11-3-2-8(4-9(11)18)10(19)6-23-15(7-17)14(21)13(20)12(5-16)24-15/h2-4,12-14,16-18,20-21H,5-7H2,1H3/t12-,13-,14+,15+/m1/s1. The summed E-state index contributed by atoms with van der Waals surface area (Å²) in [7, 11) is 1.37. The van der Waals surface area contributed by atoms with Gasteiger partial charge < -0.3 is 39.7 Å². The number of rotatable bonds is 7. The molecule has 1 saturated heterocycles. The predicted octanol–water partition coefficient (Wildman–Crippen LogP) is -1.60. The van der Waals surface area contributed by atoms with E-state index in [-0.39, 0.29) is 17.1 Å². The van der Waals surface area contributed by atoms with Crippen molar-refractivity contribution in [2.45, 2.75) is 24.1 Å². The minimum Gasteiger partial charge on any atom is -0.504 e. The lowest BCUT2D eigenvalue weighted by Crippen LogP contribution is -2.49. The molecule has 1 aromatic carbocycles. The van der Waals surface area contributed by atoms with E-state index < -0.39 is 49.7 Å². The number of Topliss-reactive ketones (excluding diaryl/α,β-unsaturated/α-hetero) is 1. The molecule has 1 aromatic rings. The molecule has 9 heteroatoms. The molecule has 134 valence electrons. The van der Waals surface area contributed by atoms with E-state index in [0.29, 0.717) is 0 Å². The number of ketones is 1. The monoisotopic (exact) mass is 344 g/mol. The van der Waals surface area contributed by atoms with Gasteiger partial charge in [-0.05, 0) is 18.2 Å². The first-order chi connectivity index (χ1) is 11.4. The van der Waals surface area contributed by atoms with Crippen LogP contribution in [0.5, 0.6) is 11.5 Å². The molecule has 5 N–H and O–H groups in total. The van der Waals surface area contributed by atoms with Crippen LogP contribution in [0.25, 0.3) is 0 Å². The predicted molar refractivity (Wildman–Crippen MR) is 78.7 cm³/mol. The van der Waals surface area contributed by atoms with Crippen LogP contribution in [0, 0.1) is 0 Å². The van der Waals surface area contributed by atoms with Gasteiger partial charge >= 0.3 is 0 Å². The van der Waals surface area contributed by atoms with Gasteiger partial charge in [0, 0.05) is 5.56 Å². The van der Waals surface area contributed by atoms with Crippen molar-refractivity contribution in [2.75, 3.05) is 26.9 Å². The lowest BCUT2D eigenvalue weighted by molar-refractivity contribution is -0.270. The summed E-state index contributed by atoms with van der Waals surface area (Å²) in [4.78, 5) is 12.1. The summed E-state index contributed by atoms with van der Waals surface area (Å²) in [5, 5.41) is 47.9. The third-order valence-electron chi connectivity index (χ3n) is 3.85. The number of ether oxygens (including phenoxy) is 3. The van der Waals surface area contributed by atoms with Crippen molar-refractivity contribution in [2.24, 2.45) is 0 Å². The van der Waals surface area contributed by atoms with Crippen molar-refractivity contribution in [3.8, 4) is 11.5 Å². The molecule has 0 aromatic heterocycles. The van der Waals surface area contributed by atoms with Gasteiger partial charge in [-0.25, -0.2) is 0 Å². The topological polar surface area (TPSA) is 146 Å². The van der Waals surface area contributed by atoms with E-state index in [1.807, 2.05) is 0 Å². The van der Waals surface area contributed by atoms with Crippen molar-refractivity contribution < 1.29 is 44.5 Å². The molecular weight excluding hydrogens is 324 g/mol. The lowest BCUT2D eigenvalue weighted by Gasteiger charge is -2.29. The molecule has 9 nitrogen and oxygen atoms in total. The fourth-order valence-electron chi connectivity index (χ4n) is 2.43. The van der Waals surface area contributed by atoms with Crippen LogP contribution in [0.2, 0.25) is 0 Å². The second kappa shape index (κ2) is 7.43. The van der Waals surface area contributed by atoms with Crippen molar-refractivity contribution >= 4 is 5.78 Å². The Kier molecular flexibility index (Phi) is 5.75. The highest BCUT2D eigenvalue weighted by Crippen LogP contribution is 2.32. The van der Waals surface area contributed by atoms with Crippen LogP contribution in [0.15, 0.2) is 18.2 Å². The smallest absolute Gasteiger partial charge is 0.222 e. The summed E-state index contributed by atoms with van der Waals surface area (Å²) >= 11 is 0. The van der Waals surface area contributed by atoms with E-state index in [0.717, 1.165) is 0 Å². The van der Waals surface area contributed by atoms with Crippen LogP contribution in [-0.2, 0) is 9.47 Å². The lowest BCUT2D eigenvalue weighted by atomic mass is 10.1. The molecule has 2 rings (SSSR count). The van der Waals surface area contributed by atoms with E-state index in [2.05, 4.69) is 0 Å². The number of hydrogen-bond acceptors (Lipinski definition) is 9. The molecule has 0 aliphatic carbocycles. The number of aliphatic hydroxyl groups is 4. The number of benzene rings is 1. The zero-order chi connectivity index (χ0) is 17.9. The number of methoxy groups -OCH3 is 1. The van der Waals surface area contributed by atoms with Gasteiger partial charge in [0.2, 0.25) is 5.79 Å². The molecule has 0 bridgehead atoms. The van der Waals surface area contributed by atoms with Crippen molar-refractivity contribution in [1.29, 1.82) is 0 Å². The number of phenols is 1. The number of phenolic OH excluding ortho intramolecular Hbond substituents is 1. The minimum absolute atomic E-state index is 0.119. The Morgan fingerprint density at radius 2 is 2.04 bits per heavy atom. The zero-order valence-electron chi connectivity index (χ0n) is 13.0. The van der Waals surface area contributed by atoms with Gasteiger partial charge in [-0.15, -0.1) is 0 Å². The van der Waals surface area contributed by atoms with Crippen LogP contribution in [-0.4, -0.2) is 82.3 Å². The van der Waals surface area contributed by atoms with Crippen LogP contribution >= 0.6 is 0 Å². The number of hydrogen-bond donors (Lipinski definition) is 5. The van der Waals surface area contributed by atoms with Gasteiger partial charge in [0.15, 0.2) is 17.3 Å². The molecule has 0 saturated carbocycles. The largest absolute Gasteiger partial charge is 0.504 e. The fourth-order valence-corrected chi connectivity index (χ4v) is 2.43. The van der Waals surface area contributed by atoms with E-state index in [9.17, 15) is 25.2 Å². The van der Waals surface area contributed by atoms with Crippen LogP contribution in [0.4, 0.5) is 0 Å². The maximum atomic E-state index is 12.1. The molecule has 1 aliphatic rings. The first kappa shape index (κ1) is 18.6. The molecule has 0 radical (unpaired) electrons. The Morgan fingerprint density at radius 3 is 2.54 bits per heavy atom. The van der Waals surface area contributed by atoms with Gasteiger partial charge in [0.1, 0.15) is 31.5 Å². The van der Waals surface area contributed by atoms with Gasteiger partial charge in [-0.1, -0.05) is 0 Å². The summed E-state index contributed by atoms with van der Waals surface area (Å²) in [6.45, 7) is -2.01. The maximum absolute atomic E-state index is 12.1. The molecule has 1 aliphatic heterocycles. The maximum Gasteiger partial charge on any atom is 0.222 e. The Labute approximate surface area is 137 Å². The highest BCUT2D eigenvalue weighted by Gasteiger charge is 2.55. The van der Waals surface area contributed by atoms with Gasteiger partial charge in [0.25, 0.3) is 0 Å². The molecule has 1 heterocycles. The third-order valence-corrected chi connectivity index (χ3v) is 3.85.